The smallest absolute Gasteiger partial charge is 0.253 e. The monoisotopic (exact) mass is 447 g/mol. The minimum atomic E-state index is -0.224. The lowest BCUT2D eigenvalue weighted by molar-refractivity contribution is -0.130. The third-order valence-electron chi connectivity index (χ3n) is 6.29. The first-order valence-electron chi connectivity index (χ1n) is 11.2. The van der Waals surface area contributed by atoms with Gasteiger partial charge in [0.05, 0.1) is 17.7 Å². The standard InChI is InChI=1S/C24H25N5O2S/c1-15-4-6-16(7-5-15)19-13-20(21-3-2-12-31-21)29(27-19)22(30)14-32-24-26-25-23(17-8-9-17)28(24)18-10-11-18/h2-7,12,17-18,20H,8-11,13-14H2,1H3/t20-/m1/s1. The second kappa shape index (κ2) is 7.92. The summed E-state index contributed by atoms with van der Waals surface area (Å²) in [5.41, 5.74) is 3.14. The first kappa shape index (κ1) is 19.8. The van der Waals surface area contributed by atoms with Crippen LogP contribution >= 0.6 is 11.8 Å². The number of carbonyl (C=O) groups excluding carboxylic acids is 1. The lowest BCUT2D eigenvalue weighted by atomic mass is 10.0. The minimum Gasteiger partial charge on any atom is -0.467 e. The quantitative estimate of drug-likeness (QED) is 0.483. The zero-order chi connectivity index (χ0) is 21.7. The third kappa shape index (κ3) is 3.77. The van der Waals surface area contributed by atoms with E-state index < -0.39 is 0 Å². The van der Waals surface area contributed by atoms with Crippen molar-refractivity contribution in [1.82, 2.24) is 19.8 Å². The summed E-state index contributed by atoms with van der Waals surface area (Å²) in [5.74, 6) is 2.65. The molecule has 32 heavy (non-hydrogen) atoms. The SMILES string of the molecule is Cc1ccc(C2=NN(C(=O)CSc3nnc(C4CC4)n3C3CC3)[C@@H](c3ccco3)C2)cc1. The van der Waals surface area contributed by atoms with Gasteiger partial charge < -0.3 is 8.98 Å². The highest BCUT2D eigenvalue weighted by molar-refractivity contribution is 7.99. The van der Waals surface area contributed by atoms with Gasteiger partial charge in [0, 0.05) is 18.4 Å². The number of rotatable bonds is 7. The molecule has 0 unspecified atom stereocenters. The lowest BCUT2D eigenvalue weighted by Crippen LogP contribution is -2.28. The Morgan fingerprint density at radius 1 is 1.12 bits per heavy atom. The average Bonchev–Trinajstić information content (AvgIpc) is 3.67. The average molecular weight is 448 g/mol. The summed E-state index contributed by atoms with van der Waals surface area (Å²) in [4.78, 5) is 13.3. The van der Waals surface area contributed by atoms with Crippen LogP contribution in [0.2, 0.25) is 0 Å². The van der Waals surface area contributed by atoms with Crippen LogP contribution in [0, 0.1) is 6.92 Å². The topological polar surface area (TPSA) is 76.5 Å². The van der Waals surface area contributed by atoms with Crippen molar-refractivity contribution >= 4 is 23.4 Å². The van der Waals surface area contributed by atoms with Crippen LogP contribution in [-0.4, -0.2) is 37.1 Å². The fourth-order valence-corrected chi connectivity index (χ4v) is 5.10. The maximum atomic E-state index is 13.3. The van der Waals surface area contributed by atoms with Gasteiger partial charge in [0.1, 0.15) is 17.6 Å². The zero-order valence-corrected chi connectivity index (χ0v) is 18.8. The van der Waals surface area contributed by atoms with Crippen LogP contribution in [0.1, 0.15) is 72.8 Å². The van der Waals surface area contributed by atoms with Crippen molar-refractivity contribution in [3.8, 4) is 0 Å². The van der Waals surface area contributed by atoms with Crippen molar-refractivity contribution in [2.24, 2.45) is 5.10 Å². The molecular weight excluding hydrogens is 422 g/mol. The van der Waals surface area contributed by atoms with E-state index in [1.165, 1.54) is 43.0 Å². The van der Waals surface area contributed by atoms with Gasteiger partial charge in [0.2, 0.25) is 0 Å². The van der Waals surface area contributed by atoms with Gasteiger partial charge in [-0.2, -0.15) is 5.10 Å². The molecule has 3 aliphatic rings. The summed E-state index contributed by atoms with van der Waals surface area (Å²) >= 11 is 1.47. The Morgan fingerprint density at radius 3 is 2.62 bits per heavy atom. The van der Waals surface area contributed by atoms with Crippen LogP contribution in [-0.2, 0) is 4.79 Å². The number of hydrogen-bond acceptors (Lipinski definition) is 6. The number of hydrogen-bond donors (Lipinski definition) is 0. The number of nitrogens with zero attached hydrogens (tertiary/aromatic N) is 5. The van der Waals surface area contributed by atoms with Crippen molar-refractivity contribution in [2.45, 2.75) is 62.2 Å². The van der Waals surface area contributed by atoms with E-state index in [1.807, 2.05) is 12.1 Å². The highest BCUT2D eigenvalue weighted by Gasteiger charge is 2.38. The van der Waals surface area contributed by atoms with Crippen LogP contribution in [0.4, 0.5) is 0 Å². The normalized spacial score (nSPS) is 20.6. The van der Waals surface area contributed by atoms with Crippen LogP contribution in [0.25, 0.3) is 0 Å². The number of aryl methyl sites for hydroxylation is 1. The van der Waals surface area contributed by atoms with Crippen molar-refractivity contribution in [2.75, 3.05) is 5.75 Å². The molecule has 3 heterocycles. The first-order chi connectivity index (χ1) is 15.7. The summed E-state index contributed by atoms with van der Waals surface area (Å²) in [5, 5.41) is 16.1. The molecule has 164 valence electrons. The van der Waals surface area contributed by atoms with Gasteiger partial charge >= 0.3 is 0 Å². The molecule has 6 rings (SSSR count). The molecule has 0 N–H and O–H groups in total. The van der Waals surface area contributed by atoms with Gasteiger partial charge in [-0.05, 0) is 50.3 Å². The zero-order valence-electron chi connectivity index (χ0n) is 18.0. The maximum absolute atomic E-state index is 13.3. The summed E-state index contributed by atoms with van der Waals surface area (Å²) in [7, 11) is 0. The van der Waals surface area contributed by atoms with Crippen molar-refractivity contribution in [1.29, 1.82) is 0 Å². The molecule has 1 atom stereocenters. The molecule has 2 aromatic heterocycles. The fraction of sp³-hybridized carbons (Fsp3) is 0.417. The van der Waals surface area contributed by atoms with Gasteiger partial charge in [-0.3, -0.25) is 4.79 Å². The van der Waals surface area contributed by atoms with E-state index in [4.69, 9.17) is 9.52 Å². The van der Waals surface area contributed by atoms with E-state index in [2.05, 4.69) is 46.0 Å². The molecule has 2 saturated carbocycles. The molecule has 2 aliphatic carbocycles. The second-order valence-electron chi connectivity index (χ2n) is 8.89. The van der Waals surface area contributed by atoms with E-state index >= 15 is 0 Å². The number of carbonyl (C=O) groups is 1. The first-order valence-corrected chi connectivity index (χ1v) is 12.2. The summed E-state index contributed by atoms with van der Waals surface area (Å²) in [6, 6.07) is 12.3. The number of aromatic nitrogens is 3. The molecule has 0 bridgehead atoms. The fourth-order valence-electron chi connectivity index (χ4n) is 4.24. The number of amides is 1. The largest absolute Gasteiger partial charge is 0.467 e. The molecule has 0 spiro atoms. The highest BCUT2D eigenvalue weighted by Crippen LogP contribution is 2.46. The predicted octanol–water partition coefficient (Wildman–Crippen LogP) is 4.86. The van der Waals surface area contributed by atoms with Crippen LogP contribution < -0.4 is 0 Å². The van der Waals surface area contributed by atoms with Crippen LogP contribution in [0.5, 0.6) is 0 Å². The molecule has 1 amide bonds. The molecule has 1 aromatic carbocycles. The molecule has 2 fully saturated rings. The van der Waals surface area contributed by atoms with Gasteiger partial charge in [-0.15, -0.1) is 10.2 Å². The van der Waals surface area contributed by atoms with Crippen LogP contribution in [0.15, 0.2) is 57.3 Å². The number of furan rings is 1. The third-order valence-corrected chi connectivity index (χ3v) is 7.22. The molecule has 7 nitrogen and oxygen atoms in total. The molecule has 3 aromatic rings. The Labute approximate surface area is 190 Å². The maximum Gasteiger partial charge on any atom is 0.253 e. The summed E-state index contributed by atoms with van der Waals surface area (Å²) < 4.78 is 7.94. The summed E-state index contributed by atoms with van der Waals surface area (Å²) in [6.45, 7) is 2.06. The Bertz CT molecular complexity index is 1160. The van der Waals surface area contributed by atoms with E-state index in [0.717, 1.165) is 28.0 Å². The van der Waals surface area contributed by atoms with Gasteiger partial charge in [-0.25, -0.2) is 5.01 Å². The highest BCUT2D eigenvalue weighted by atomic mass is 32.2. The number of benzene rings is 1. The molecule has 1 aliphatic heterocycles. The molecule has 8 heteroatoms. The minimum absolute atomic E-state index is 0.0446. The lowest BCUT2D eigenvalue weighted by Gasteiger charge is -2.19. The van der Waals surface area contributed by atoms with Gasteiger partial charge in [0.25, 0.3) is 5.91 Å². The van der Waals surface area contributed by atoms with Crippen molar-refractivity contribution in [3.05, 3.63) is 65.4 Å². The Morgan fingerprint density at radius 2 is 1.94 bits per heavy atom. The van der Waals surface area contributed by atoms with Crippen molar-refractivity contribution < 1.29 is 9.21 Å². The van der Waals surface area contributed by atoms with Gasteiger partial charge in [-0.1, -0.05) is 41.6 Å². The van der Waals surface area contributed by atoms with E-state index in [0.29, 0.717) is 18.4 Å². The number of hydrazone groups is 1. The van der Waals surface area contributed by atoms with Gasteiger partial charge in [0.15, 0.2) is 5.16 Å². The Kier molecular flexibility index (Phi) is 4.90. The van der Waals surface area contributed by atoms with E-state index in [9.17, 15) is 4.79 Å². The van der Waals surface area contributed by atoms with Crippen LogP contribution in [0.3, 0.4) is 0 Å². The number of thioether (sulfide) groups is 1. The molecule has 0 radical (unpaired) electrons. The Balaban J connectivity index is 1.22. The molecule has 0 saturated heterocycles. The summed E-state index contributed by atoms with van der Waals surface area (Å²) in [6.07, 6.45) is 7.03. The van der Waals surface area contributed by atoms with E-state index in [1.54, 1.807) is 11.3 Å². The van der Waals surface area contributed by atoms with E-state index in [-0.39, 0.29) is 17.7 Å². The predicted molar refractivity (Wildman–Crippen MR) is 122 cm³/mol. The Hall–Kier alpha value is -2.87. The second-order valence-corrected chi connectivity index (χ2v) is 9.83. The van der Waals surface area contributed by atoms with Crippen molar-refractivity contribution in [3.63, 3.8) is 0 Å². The molecular formula is C24H25N5O2S.